The Balaban J connectivity index is 2.39. The van der Waals surface area contributed by atoms with E-state index in [2.05, 4.69) is 30.7 Å². The maximum Gasteiger partial charge on any atom is 0.194 e. The van der Waals surface area contributed by atoms with Gasteiger partial charge in [0.25, 0.3) is 0 Å². The largest absolute Gasteiger partial charge is 0.494 e. The molecule has 0 fully saturated rings. The second kappa shape index (κ2) is 8.16. The number of aromatic amines is 1. The summed E-state index contributed by atoms with van der Waals surface area (Å²) in [5.41, 5.74) is 2.80. The third kappa shape index (κ3) is 4.14. The van der Waals surface area contributed by atoms with Gasteiger partial charge in [-0.3, -0.25) is 9.69 Å². The van der Waals surface area contributed by atoms with Crippen molar-refractivity contribution in [2.45, 2.75) is 47.1 Å². The van der Waals surface area contributed by atoms with Crippen molar-refractivity contribution in [1.82, 2.24) is 9.88 Å². The first-order valence-corrected chi connectivity index (χ1v) is 8.61. The van der Waals surface area contributed by atoms with Gasteiger partial charge in [0.1, 0.15) is 5.75 Å². The van der Waals surface area contributed by atoms with E-state index in [1.54, 1.807) is 0 Å². The van der Waals surface area contributed by atoms with Gasteiger partial charge in [-0.25, -0.2) is 0 Å². The molecule has 1 aromatic carbocycles. The predicted molar refractivity (Wildman–Crippen MR) is 96.3 cm³/mol. The SMILES string of the molecule is CCCCOc1ccc2[nH]c(C)c(CN(CC)CC)c(=O)c2c1. The lowest BCUT2D eigenvalue weighted by Crippen LogP contribution is -2.27. The minimum atomic E-state index is 0.115. The number of nitrogens with one attached hydrogen (secondary N) is 1. The molecule has 4 nitrogen and oxygen atoms in total. The van der Waals surface area contributed by atoms with Crippen LogP contribution in [0.3, 0.4) is 0 Å². The summed E-state index contributed by atoms with van der Waals surface area (Å²) in [5.74, 6) is 0.772. The second-order valence-electron chi connectivity index (χ2n) is 5.93. The Labute approximate surface area is 138 Å². The minimum absolute atomic E-state index is 0.115. The number of H-pyrrole nitrogens is 1. The van der Waals surface area contributed by atoms with Crippen molar-refractivity contribution >= 4 is 10.9 Å². The van der Waals surface area contributed by atoms with Gasteiger partial charge in [-0.2, -0.15) is 0 Å². The Morgan fingerprint density at radius 1 is 1.17 bits per heavy atom. The summed E-state index contributed by atoms with van der Waals surface area (Å²) in [4.78, 5) is 18.5. The molecule has 0 atom stereocenters. The van der Waals surface area contributed by atoms with Gasteiger partial charge in [0.2, 0.25) is 0 Å². The summed E-state index contributed by atoms with van der Waals surface area (Å²) >= 11 is 0. The molecule has 2 aromatic rings. The van der Waals surface area contributed by atoms with Crippen molar-refractivity contribution in [3.63, 3.8) is 0 Å². The fourth-order valence-electron chi connectivity index (χ4n) is 2.72. The van der Waals surface area contributed by atoms with Gasteiger partial charge in [-0.15, -0.1) is 0 Å². The number of rotatable bonds is 8. The van der Waals surface area contributed by atoms with Crippen molar-refractivity contribution in [3.05, 3.63) is 39.7 Å². The molecular weight excluding hydrogens is 288 g/mol. The number of unbranched alkanes of at least 4 members (excludes halogenated alkanes) is 1. The highest BCUT2D eigenvalue weighted by Gasteiger charge is 2.12. The highest BCUT2D eigenvalue weighted by Crippen LogP contribution is 2.19. The Morgan fingerprint density at radius 3 is 2.57 bits per heavy atom. The summed E-state index contributed by atoms with van der Waals surface area (Å²) in [5, 5.41) is 0.715. The molecule has 0 saturated heterocycles. The lowest BCUT2D eigenvalue weighted by Gasteiger charge is -2.19. The van der Waals surface area contributed by atoms with E-state index in [9.17, 15) is 4.79 Å². The molecule has 2 rings (SSSR count). The zero-order valence-corrected chi connectivity index (χ0v) is 14.7. The normalized spacial score (nSPS) is 11.3. The average Bonchev–Trinajstić information content (AvgIpc) is 2.56. The molecule has 0 spiro atoms. The first-order valence-electron chi connectivity index (χ1n) is 8.61. The topological polar surface area (TPSA) is 45.3 Å². The van der Waals surface area contributed by atoms with Gasteiger partial charge in [0.15, 0.2) is 5.43 Å². The third-order valence-electron chi connectivity index (χ3n) is 4.33. The monoisotopic (exact) mass is 316 g/mol. The average molecular weight is 316 g/mol. The molecule has 0 amide bonds. The molecule has 126 valence electrons. The number of aryl methyl sites for hydroxylation is 1. The zero-order valence-electron chi connectivity index (χ0n) is 14.7. The lowest BCUT2D eigenvalue weighted by atomic mass is 10.1. The molecule has 0 radical (unpaired) electrons. The Hall–Kier alpha value is -1.81. The van der Waals surface area contributed by atoms with Crippen molar-refractivity contribution in [2.75, 3.05) is 19.7 Å². The maximum atomic E-state index is 12.9. The van der Waals surface area contributed by atoms with Crippen LogP contribution in [-0.2, 0) is 6.54 Å². The number of hydrogen-bond donors (Lipinski definition) is 1. The summed E-state index contributed by atoms with van der Waals surface area (Å²) in [7, 11) is 0. The Morgan fingerprint density at radius 2 is 1.91 bits per heavy atom. The van der Waals surface area contributed by atoms with Gasteiger partial charge in [-0.1, -0.05) is 27.2 Å². The quantitative estimate of drug-likeness (QED) is 0.752. The zero-order chi connectivity index (χ0) is 16.8. The van der Waals surface area contributed by atoms with E-state index in [1.165, 1.54) is 0 Å². The summed E-state index contributed by atoms with van der Waals surface area (Å²) in [6.45, 7) is 11.6. The molecule has 23 heavy (non-hydrogen) atoms. The number of aromatic nitrogens is 1. The molecule has 0 saturated carbocycles. The van der Waals surface area contributed by atoms with Crippen LogP contribution >= 0.6 is 0 Å². The number of pyridine rings is 1. The minimum Gasteiger partial charge on any atom is -0.494 e. The third-order valence-corrected chi connectivity index (χ3v) is 4.33. The maximum absolute atomic E-state index is 12.9. The second-order valence-corrected chi connectivity index (χ2v) is 5.93. The van der Waals surface area contributed by atoms with Gasteiger partial charge >= 0.3 is 0 Å². The molecule has 0 aliphatic rings. The summed E-state index contributed by atoms with van der Waals surface area (Å²) < 4.78 is 5.74. The van der Waals surface area contributed by atoms with E-state index in [0.29, 0.717) is 18.5 Å². The van der Waals surface area contributed by atoms with Crippen LogP contribution in [0.15, 0.2) is 23.0 Å². The van der Waals surface area contributed by atoms with Crippen LogP contribution in [-0.4, -0.2) is 29.6 Å². The lowest BCUT2D eigenvalue weighted by molar-refractivity contribution is 0.294. The smallest absolute Gasteiger partial charge is 0.194 e. The van der Waals surface area contributed by atoms with Gasteiger partial charge in [-0.05, 0) is 44.6 Å². The van der Waals surface area contributed by atoms with Crippen LogP contribution in [0.2, 0.25) is 0 Å². The molecule has 4 heteroatoms. The predicted octanol–water partition coefficient (Wildman–Crippen LogP) is 3.86. The highest BCUT2D eigenvalue weighted by atomic mass is 16.5. The first kappa shape index (κ1) is 17.5. The van der Waals surface area contributed by atoms with E-state index in [4.69, 9.17) is 4.74 Å². The Bertz CT molecular complexity index is 702. The number of hydrogen-bond acceptors (Lipinski definition) is 3. The molecule has 0 aliphatic carbocycles. The van der Waals surface area contributed by atoms with E-state index in [0.717, 1.165) is 48.5 Å². The Kier molecular flexibility index (Phi) is 6.22. The number of nitrogens with zero attached hydrogens (tertiary/aromatic N) is 1. The van der Waals surface area contributed by atoms with Crippen molar-refractivity contribution < 1.29 is 4.74 Å². The molecule has 0 bridgehead atoms. The summed E-state index contributed by atoms with van der Waals surface area (Å²) in [6.07, 6.45) is 2.12. The van der Waals surface area contributed by atoms with Crippen LogP contribution in [0, 0.1) is 6.92 Å². The van der Waals surface area contributed by atoms with Crippen molar-refractivity contribution in [3.8, 4) is 5.75 Å². The number of fused-ring (bicyclic) bond motifs is 1. The van der Waals surface area contributed by atoms with Crippen LogP contribution in [0.4, 0.5) is 0 Å². The van der Waals surface area contributed by atoms with Gasteiger partial charge in [0, 0.05) is 28.7 Å². The standard InChI is InChI=1S/C19H28N2O2/c1-5-8-11-23-15-9-10-18-16(12-15)19(22)17(14(4)20-18)13-21(6-2)7-3/h9-10,12H,5-8,11,13H2,1-4H3,(H,20,22). The fourth-order valence-corrected chi connectivity index (χ4v) is 2.72. The molecular formula is C19H28N2O2. The van der Waals surface area contributed by atoms with Gasteiger partial charge < -0.3 is 9.72 Å². The van der Waals surface area contributed by atoms with E-state index < -0.39 is 0 Å². The van der Waals surface area contributed by atoms with Gasteiger partial charge in [0.05, 0.1) is 6.61 Å². The highest BCUT2D eigenvalue weighted by molar-refractivity contribution is 5.81. The molecule has 1 N–H and O–H groups in total. The van der Waals surface area contributed by atoms with Crippen LogP contribution in [0.5, 0.6) is 5.75 Å². The van der Waals surface area contributed by atoms with Crippen LogP contribution < -0.4 is 10.2 Å². The van der Waals surface area contributed by atoms with E-state index in [1.807, 2.05) is 25.1 Å². The molecule has 0 aliphatic heterocycles. The number of benzene rings is 1. The van der Waals surface area contributed by atoms with Crippen LogP contribution in [0.25, 0.3) is 10.9 Å². The van der Waals surface area contributed by atoms with Crippen LogP contribution in [0.1, 0.15) is 44.9 Å². The molecule has 0 unspecified atom stereocenters. The van der Waals surface area contributed by atoms with E-state index in [-0.39, 0.29) is 5.43 Å². The van der Waals surface area contributed by atoms with E-state index >= 15 is 0 Å². The van der Waals surface area contributed by atoms with Crippen molar-refractivity contribution in [1.29, 1.82) is 0 Å². The molecule has 1 aromatic heterocycles. The fraction of sp³-hybridized carbons (Fsp3) is 0.526. The number of ether oxygens (including phenoxy) is 1. The molecule has 1 heterocycles. The summed E-state index contributed by atoms with van der Waals surface area (Å²) in [6, 6.07) is 5.73. The first-order chi connectivity index (χ1) is 11.1. The van der Waals surface area contributed by atoms with Crippen molar-refractivity contribution in [2.24, 2.45) is 0 Å².